The van der Waals surface area contributed by atoms with Crippen molar-refractivity contribution < 1.29 is 8.85 Å². The van der Waals surface area contributed by atoms with Gasteiger partial charge in [-0.2, -0.15) is 0 Å². The highest BCUT2D eigenvalue weighted by Gasteiger charge is 2.74. The molecule has 0 radical (unpaired) electrons. The normalized spacial score (nSPS) is 33.9. The molecule has 0 aliphatic carbocycles. The van der Waals surface area contributed by atoms with Crippen LogP contribution in [0.5, 0.6) is 0 Å². The summed E-state index contributed by atoms with van der Waals surface area (Å²) in [7, 11) is 1.63. The maximum Gasteiger partial charge on any atom is 0.347 e. The van der Waals surface area contributed by atoms with Crippen LogP contribution >= 0.6 is 0 Å². The van der Waals surface area contributed by atoms with Crippen molar-refractivity contribution in [1.29, 1.82) is 0 Å². The molecule has 1 rings (SSSR count). The third kappa shape index (κ3) is 0.955. The van der Waals surface area contributed by atoms with Crippen molar-refractivity contribution in [3.05, 3.63) is 0 Å². The summed E-state index contributed by atoms with van der Waals surface area (Å²) in [5, 5.41) is 0.197. The first-order valence-electron chi connectivity index (χ1n) is 4.88. The van der Waals surface area contributed by atoms with E-state index in [4.69, 9.17) is 8.85 Å². The molecule has 0 saturated carbocycles. The zero-order valence-corrected chi connectivity index (χ0v) is 10.9. The fourth-order valence-electron chi connectivity index (χ4n) is 2.88. The van der Waals surface area contributed by atoms with Crippen LogP contribution in [0.25, 0.3) is 0 Å². The number of hydrogen-bond donors (Lipinski definition) is 0. The Labute approximate surface area is 82.9 Å². The van der Waals surface area contributed by atoms with E-state index in [0.717, 1.165) is 0 Å². The molecule has 78 valence electrons. The topological polar surface area (TPSA) is 18.5 Å². The molecule has 3 heteroatoms. The Morgan fingerprint density at radius 3 is 1.54 bits per heavy atom. The zero-order valence-electron chi connectivity index (χ0n) is 9.89. The Balaban J connectivity index is 3.05. The maximum atomic E-state index is 5.70. The lowest BCUT2D eigenvalue weighted by atomic mass is 9.75. The quantitative estimate of drug-likeness (QED) is 0.641. The van der Waals surface area contributed by atoms with Crippen LogP contribution in [0.3, 0.4) is 0 Å². The third-order valence-electron chi connectivity index (χ3n) is 4.74. The summed E-state index contributed by atoms with van der Waals surface area (Å²) in [4.78, 5) is 0. The van der Waals surface area contributed by atoms with Crippen molar-refractivity contribution in [2.24, 2.45) is 5.41 Å². The predicted molar refractivity (Wildman–Crippen MR) is 57.0 cm³/mol. The Hall–Kier alpha value is 0.137. The molecule has 0 aromatic heterocycles. The zero-order chi connectivity index (χ0) is 10.5. The lowest BCUT2D eigenvalue weighted by Gasteiger charge is -2.67. The van der Waals surface area contributed by atoms with Crippen LogP contribution in [0, 0.1) is 5.41 Å². The first-order chi connectivity index (χ1) is 5.78. The smallest absolute Gasteiger partial charge is 0.347 e. The van der Waals surface area contributed by atoms with Gasteiger partial charge in [0, 0.05) is 24.8 Å². The van der Waals surface area contributed by atoms with Crippen LogP contribution in [0.4, 0.5) is 0 Å². The van der Waals surface area contributed by atoms with E-state index in [9.17, 15) is 0 Å². The van der Waals surface area contributed by atoms with E-state index in [0.29, 0.717) is 11.0 Å². The van der Waals surface area contributed by atoms with Gasteiger partial charge in [0.1, 0.15) is 0 Å². The minimum atomic E-state index is -1.96. The molecule has 2 nitrogen and oxygen atoms in total. The highest BCUT2D eigenvalue weighted by atomic mass is 28.4. The van der Waals surface area contributed by atoms with Gasteiger partial charge in [0.05, 0.1) is 0 Å². The van der Waals surface area contributed by atoms with Gasteiger partial charge in [-0.3, -0.25) is 0 Å². The molecule has 0 aromatic carbocycles. The standard InChI is InChI=1S/C10H22O2Si/c1-8-9(2,3)10(4,5)13(8,11-6)12-7/h8H,1-7H3. The summed E-state index contributed by atoms with van der Waals surface area (Å²) in [6.45, 7) is 11.4. The Bertz CT molecular complexity index is 207. The lowest BCUT2D eigenvalue weighted by molar-refractivity contribution is 0.0499. The Morgan fingerprint density at radius 2 is 1.38 bits per heavy atom. The molecule has 1 aliphatic heterocycles. The van der Waals surface area contributed by atoms with Gasteiger partial charge in [-0.1, -0.05) is 34.6 Å². The van der Waals surface area contributed by atoms with Gasteiger partial charge in [0.25, 0.3) is 0 Å². The first-order valence-corrected chi connectivity index (χ1v) is 6.77. The number of rotatable bonds is 2. The van der Waals surface area contributed by atoms with E-state index in [1.807, 2.05) is 0 Å². The largest absolute Gasteiger partial charge is 0.397 e. The summed E-state index contributed by atoms with van der Waals surface area (Å²) in [5.41, 5.74) is 0.885. The predicted octanol–water partition coefficient (Wildman–Crippen LogP) is 2.93. The van der Waals surface area contributed by atoms with Gasteiger partial charge in [0.15, 0.2) is 0 Å². The van der Waals surface area contributed by atoms with E-state index in [1.165, 1.54) is 0 Å². The van der Waals surface area contributed by atoms with Crippen molar-refractivity contribution in [2.45, 2.75) is 45.2 Å². The second kappa shape index (κ2) is 2.81. The molecular weight excluding hydrogens is 180 g/mol. The second-order valence-electron chi connectivity index (χ2n) is 5.14. The molecule has 0 N–H and O–H groups in total. The van der Waals surface area contributed by atoms with Crippen molar-refractivity contribution in [2.75, 3.05) is 14.2 Å². The monoisotopic (exact) mass is 202 g/mol. The van der Waals surface area contributed by atoms with Crippen LogP contribution in [-0.4, -0.2) is 22.8 Å². The molecule has 1 atom stereocenters. The molecule has 0 spiro atoms. The summed E-state index contributed by atoms with van der Waals surface area (Å²) in [6, 6.07) is 0. The van der Waals surface area contributed by atoms with Crippen molar-refractivity contribution in [1.82, 2.24) is 0 Å². The Morgan fingerprint density at radius 1 is 1.00 bits per heavy atom. The van der Waals surface area contributed by atoms with Crippen molar-refractivity contribution in [3.8, 4) is 0 Å². The summed E-state index contributed by atoms with van der Waals surface area (Å²) >= 11 is 0. The molecule has 1 heterocycles. The summed E-state index contributed by atoms with van der Waals surface area (Å²) < 4.78 is 11.4. The van der Waals surface area contributed by atoms with Crippen LogP contribution in [0.2, 0.25) is 10.6 Å². The van der Waals surface area contributed by atoms with E-state index >= 15 is 0 Å². The van der Waals surface area contributed by atoms with Crippen LogP contribution in [0.1, 0.15) is 34.6 Å². The Kier molecular flexibility index (Phi) is 2.43. The van der Waals surface area contributed by atoms with Gasteiger partial charge >= 0.3 is 8.56 Å². The van der Waals surface area contributed by atoms with Gasteiger partial charge in [0.2, 0.25) is 0 Å². The summed E-state index contributed by atoms with van der Waals surface area (Å²) in [6.07, 6.45) is 0. The molecule has 13 heavy (non-hydrogen) atoms. The number of hydrogen-bond acceptors (Lipinski definition) is 2. The molecular formula is C10H22O2Si. The van der Waals surface area contributed by atoms with E-state index in [2.05, 4.69) is 34.6 Å². The second-order valence-corrected chi connectivity index (χ2v) is 9.41. The highest BCUT2D eigenvalue weighted by Crippen LogP contribution is 2.73. The van der Waals surface area contributed by atoms with Crippen molar-refractivity contribution in [3.63, 3.8) is 0 Å². The SMILES string of the molecule is CO[Si]1(OC)C(C)C(C)(C)C1(C)C. The molecule has 1 fully saturated rings. The molecule has 0 amide bonds. The third-order valence-corrected chi connectivity index (χ3v) is 10.2. The van der Waals surface area contributed by atoms with Crippen LogP contribution < -0.4 is 0 Å². The average molecular weight is 202 g/mol. The van der Waals surface area contributed by atoms with E-state index in [1.54, 1.807) is 14.2 Å². The van der Waals surface area contributed by atoms with E-state index in [-0.39, 0.29) is 5.04 Å². The lowest BCUT2D eigenvalue weighted by Crippen LogP contribution is -2.71. The highest BCUT2D eigenvalue weighted by molar-refractivity contribution is 6.75. The van der Waals surface area contributed by atoms with Gasteiger partial charge in [-0.05, 0) is 5.41 Å². The van der Waals surface area contributed by atoms with Crippen LogP contribution in [-0.2, 0) is 8.85 Å². The molecule has 0 bridgehead atoms. The molecule has 0 aromatic rings. The fourth-order valence-corrected chi connectivity index (χ4v) is 8.05. The van der Waals surface area contributed by atoms with Gasteiger partial charge in [-0.25, -0.2) is 0 Å². The van der Waals surface area contributed by atoms with Gasteiger partial charge in [-0.15, -0.1) is 0 Å². The fraction of sp³-hybridized carbons (Fsp3) is 1.00. The molecule has 1 aliphatic rings. The average Bonchev–Trinajstić information content (AvgIpc) is 2.06. The maximum absolute atomic E-state index is 5.70. The van der Waals surface area contributed by atoms with Gasteiger partial charge < -0.3 is 8.85 Å². The summed E-state index contributed by atoms with van der Waals surface area (Å²) in [5.74, 6) is 0. The molecule has 1 unspecified atom stereocenters. The minimum absolute atomic E-state index is 0.197. The minimum Gasteiger partial charge on any atom is -0.397 e. The van der Waals surface area contributed by atoms with Crippen LogP contribution in [0.15, 0.2) is 0 Å². The molecule has 1 saturated heterocycles. The van der Waals surface area contributed by atoms with Crippen molar-refractivity contribution >= 4 is 8.56 Å². The first kappa shape index (κ1) is 11.2. The van der Waals surface area contributed by atoms with E-state index < -0.39 is 8.56 Å².